The molecule has 1 aromatic carbocycles. The molecule has 5 nitrogen and oxygen atoms in total. The number of hydrogen-bond acceptors (Lipinski definition) is 2. The first-order valence-electron chi connectivity index (χ1n) is 6.88. The number of carboxylic acid groups (broad SMARTS) is 1. The third-order valence-corrected chi connectivity index (χ3v) is 3.60. The van der Waals surface area contributed by atoms with Gasteiger partial charge >= 0.3 is 12.0 Å². The number of hydrogen-bond donors (Lipinski definition) is 3. The number of benzene rings is 1. The lowest BCUT2D eigenvalue weighted by Crippen LogP contribution is -2.48. The van der Waals surface area contributed by atoms with Gasteiger partial charge in [0.05, 0.1) is 12.5 Å². The fourth-order valence-electron chi connectivity index (χ4n) is 2.52. The minimum atomic E-state index is -0.934. The first-order chi connectivity index (χ1) is 9.54. The molecular formula is C15H20N2O3. The minimum absolute atomic E-state index is 0.126. The van der Waals surface area contributed by atoms with Crippen LogP contribution in [0, 0.1) is 5.92 Å². The number of carboxylic acids is 1. The molecule has 5 heteroatoms. The monoisotopic (exact) mass is 276 g/mol. The number of rotatable bonds is 5. The van der Waals surface area contributed by atoms with Gasteiger partial charge in [-0.1, -0.05) is 37.3 Å². The standard InChI is InChI=1S/C15H20N2O3/c1-10-7-12(8-10)16-15(20)17-13(9-14(18)19)11-5-3-2-4-6-11/h2-6,10,12-13H,7-9H2,1H3,(H,18,19)(H2,16,17,20). The molecule has 2 rings (SSSR count). The summed E-state index contributed by atoms with van der Waals surface area (Å²) >= 11 is 0. The summed E-state index contributed by atoms with van der Waals surface area (Å²) < 4.78 is 0. The van der Waals surface area contributed by atoms with Crippen LogP contribution in [0.15, 0.2) is 30.3 Å². The summed E-state index contributed by atoms with van der Waals surface area (Å²) in [6.07, 6.45) is 1.85. The van der Waals surface area contributed by atoms with E-state index in [-0.39, 0.29) is 18.5 Å². The topological polar surface area (TPSA) is 78.4 Å². The van der Waals surface area contributed by atoms with Crippen LogP contribution in [-0.2, 0) is 4.79 Å². The molecule has 1 aliphatic carbocycles. The van der Waals surface area contributed by atoms with Crippen molar-refractivity contribution in [3.05, 3.63) is 35.9 Å². The smallest absolute Gasteiger partial charge is 0.315 e. The molecule has 2 amide bonds. The predicted molar refractivity (Wildman–Crippen MR) is 75.3 cm³/mol. The zero-order valence-electron chi connectivity index (χ0n) is 11.5. The van der Waals surface area contributed by atoms with Crippen molar-refractivity contribution < 1.29 is 14.7 Å². The molecule has 1 unspecified atom stereocenters. The van der Waals surface area contributed by atoms with Crippen LogP contribution in [0.1, 0.15) is 37.8 Å². The van der Waals surface area contributed by atoms with Crippen molar-refractivity contribution in [1.82, 2.24) is 10.6 Å². The quantitative estimate of drug-likeness (QED) is 0.772. The number of nitrogens with one attached hydrogen (secondary N) is 2. The molecule has 1 aliphatic rings. The molecule has 1 saturated carbocycles. The van der Waals surface area contributed by atoms with Crippen LogP contribution in [0.25, 0.3) is 0 Å². The van der Waals surface area contributed by atoms with E-state index in [0.717, 1.165) is 18.4 Å². The van der Waals surface area contributed by atoms with Gasteiger partial charge in [0, 0.05) is 6.04 Å². The highest BCUT2D eigenvalue weighted by atomic mass is 16.4. The van der Waals surface area contributed by atoms with Crippen LogP contribution >= 0.6 is 0 Å². The Bertz CT molecular complexity index is 469. The van der Waals surface area contributed by atoms with Gasteiger partial charge < -0.3 is 15.7 Å². The molecule has 1 fully saturated rings. The summed E-state index contributed by atoms with van der Waals surface area (Å²) in [5.41, 5.74) is 0.798. The molecule has 0 aliphatic heterocycles. The number of carbonyl (C=O) groups is 2. The minimum Gasteiger partial charge on any atom is -0.481 e. The van der Waals surface area contributed by atoms with E-state index in [1.54, 1.807) is 0 Å². The molecule has 3 N–H and O–H groups in total. The molecular weight excluding hydrogens is 256 g/mol. The van der Waals surface area contributed by atoms with E-state index in [0.29, 0.717) is 5.92 Å². The molecule has 0 bridgehead atoms. The van der Waals surface area contributed by atoms with Crippen LogP contribution in [0.2, 0.25) is 0 Å². The number of aliphatic carboxylic acids is 1. The second-order valence-corrected chi connectivity index (χ2v) is 5.45. The van der Waals surface area contributed by atoms with Crippen LogP contribution in [-0.4, -0.2) is 23.1 Å². The van der Waals surface area contributed by atoms with Crippen molar-refractivity contribution in [1.29, 1.82) is 0 Å². The average Bonchev–Trinajstić information content (AvgIpc) is 2.36. The fourth-order valence-corrected chi connectivity index (χ4v) is 2.52. The van der Waals surface area contributed by atoms with E-state index < -0.39 is 12.0 Å². The van der Waals surface area contributed by atoms with Gasteiger partial charge in [-0.2, -0.15) is 0 Å². The van der Waals surface area contributed by atoms with E-state index in [1.165, 1.54) is 0 Å². The molecule has 20 heavy (non-hydrogen) atoms. The van der Waals surface area contributed by atoms with Crippen molar-refractivity contribution >= 4 is 12.0 Å². The van der Waals surface area contributed by atoms with Crippen LogP contribution in [0.3, 0.4) is 0 Å². The SMILES string of the molecule is CC1CC(NC(=O)NC(CC(=O)O)c2ccccc2)C1. The van der Waals surface area contributed by atoms with Gasteiger partial charge in [0.25, 0.3) is 0 Å². The van der Waals surface area contributed by atoms with Crippen LogP contribution in [0.4, 0.5) is 4.79 Å². The lowest BCUT2D eigenvalue weighted by molar-refractivity contribution is -0.137. The summed E-state index contributed by atoms with van der Waals surface area (Å²) in [5, 5.41) is 14.6. The Balaban J connectivity index is 1.93. The molecule has 0 radical (unpaired) electrons. The maximum atomic E-state index is 11.9. The van der Waals surface area contributed by atoms with E-state index in [9.17, 15) is 9.59 Å². The molecule has 0 aromatic heterocycles. The van der Waals surface area contributed by atoms with Crippen molar-refractivity contribution in [2.75, 3.05) is 0 Å². The van der Waals surface area contributed by atoms with E-state index >= 15 is 0 Å². The normalized spacial score (nSPS) is 22.4. The van der Waals surface area contributed by atoms with Gasteiger partial charge in [0.15, 0.2) is 0 Å². The molecule has 1 aromatic rings. The highest BCUT2D eigenvalue weighted by Gasteiger charge is 2.27. The summed E-state index contributed by atoms with van der Waals surface area (Å²) in [6, 6.07) is 8.57. The van der Waals surface area contributed by atoms with Crippen molar-refractivity contribution in [2.45, 2.75) is 38.3 Å². The Hall–Kier alpha value is -2.04. The van der Waals surface area contributed by atoms with E-state index in [2.05, 4.69) is 17.6 Å². The lowest BCUT2D eigenvalue weighted by Gasteiger charge is -2.33. The van der Waals surface area contributed by atoms with Crippen molar-refractivity contribution in [3.63, 3.8) is 0 Å². The van der Waals surface area contributed by atoms with E-state index in [4.69, 9.17) is 5.11 Å². The largest absolute Gasteiger partial charge is 0.481 e. The lowest BCUT2D eigenvalue weighted by atomic mass is 9.82. The van der Waals surface area contributed by atoms with Gasteiger partial charge in [-0.15, -0.1) is 0 Å². The van der Waals surface area contributed by atoms with Gasteiger partial charge in [0.1, 0.15) is 0 Å². The van der Waals surface area contributed by atoms with Gasteiger partial charge in [-0.25, -0.2) is 4.79 Å². The fraction of sp³-hybridized carbons (Fsp3) is 0.467. The third-order valence-electron chi connectivity index (χ3n) is 3.60. The Morgan fingerprint density at radius 2 is 1.95 bits per heavy atom. The Morgan fingerprint density at radius 3 is 2.50 bits per heavy atom. The highest BCUT2D eigenvalue weighted by Crippen LogP contribution is 2.26. The predicted octanol–water partition coefficient (Wildman–Crippen LogP) is 2.30. The molecule has 0 spiro atoms. The summed E-state index contributed by atoms with van der Waals surface area (Å²) in [4.78, 5) is 22.8. The summed E-state index contributed by atoms with van der Waals surface area (Å²) in [7, 11) is 0. The van der Waals surface area contributed by atoms with E-state index in [1.807, 2.05) is 30.3 Å². The second-order valence-electron chi connectivity index (χ2n) is 5.45. The van der Waals surface area contributed by atoms with Crippen LogP contribution < -0.4 is 10.6 Å². The zero-order chi connectivity index (χ0) is 14.5. The second kappa shape index (κ2) is 6.41. The number of amides is 2. The van der Waals surface area contributed by atoms with Crippen molar-refractivity contribution in [2.24, 2.45) is 5.92 Å². The Labute approximate surface area is 118 Å². The zero-order valence-corrected chi connectivity index (χ0v) is 11.5. The Kier molecular flexibility index (Phi) is 4.61. The number of urea groups is 1. The van der Waals surface area contributed by atoms with Crippen molar-refractivity contribution in [3.8, 4) is 0 Å². The molecule has 108 valence electrons. The molecule has 0 heterocycles. The maximum absolute atomic E-state index is 11.9. The van der Waals surface area contributed by atoms with Gasteiger partial charge in [-0.3, -0.25) is 4.79 Å². The van der Waals surface area contributed by atoms with Gasteiger partial charge in [-0.05, 0) is 24.3 Å². The first-order valence-corrected chi connectivity index (χ1v) is 6.88. The average molecular weight is 276 g/mol. The maximum Gasteiger partial charge on any atom is 0.315 e. The number of carbonyl (C=O) groups excluding carboxylic acids is 1. The summed E-state index contributed by atoms with van der Waals surface area (Å²) in [5.74, 6) is -0.277. The molecule has 0 saturated heterocycles. The Morgan fingerprint density at radius 1 is 1.30 bits per heavy atom. The first kappa shape index (κ1) is 14.4. The third kappa shape index (κ3) is 3.98. The van der Waals surface area contributed by atoms with Gasteiger partial charge in [0.2, 0.25) is 0 Å². The summed E-state index contributed by atoms with van der Waals surface area (Å²) in [6.45, 7) is 2.15. The highest BCUT2D eigenvalue weighted by molar-refractivity contribution is 5.76. The van der Waals surface area contributed by atoms with Crippen LogP contribution in [0.5, 0.6) is 0 Å². The molecule has 1 atom stereocenters.